The molecular formula is C31H24O5S2. The highest BCUT2D eigenvalue weighted by Gasteiger charge is 2.19. The molecule has 0 fully saturated rings. The lowest BCUT2D eigenvalue weighted by atomic mass is 10.1. The van der Waals surface area contributed by atoms with Crippen LogP contribution in [0.25, 0.3) is 11.1 Å². The van der Waals surface area contributed by atoms with Crippen molar-refractivity contribution in [2.75, 3.05) is 0 Å². The summed E-state index contributed by atoms with van der Waals surface area (Å²) in [4.78, 5) is 0.766. The Kier molecular flexibility index (Phi) is 6.89. The van der Waals surface area contributed by atoms with Crippen LogP contribution in [0.1, 0.15) is 5.56 Å². The van der Waals surface area contributed by atoms with Crippen molar-refractivity contribution < 1.29 is 21.6 Å². The first-order valence-electron chi connectivity index (χ1n) is 11.8. The highest BCUT2D eigenvalue weighted by molar-refractivity contribution is 7.91. The van der Waals surface area contributed by atoms with E-state index in [4.69, 9.17) is 4.74 Å². The Bertz CT molecular complexity index is 1760. The average Bonchev–Trinajstić information content (AvgIpc) is 2.94. The van der Waals surface area contributed by atoms with Gasteiger partial charge in [-0.25, -0.2) is 16.8 Å². The summed E-state index contributed by atoms with van der Waals surface area (Å²) in [6.45, 7) is 1.90. The van der Waals surface area contributed by atoms with Crippen molar-refractivity contribution in [2.24, 2.45) is 0 Å². The molecule has 38 heavy (non-hydrogen) atoms. The van der Waals surface area contributed by atoms with Gasteiger partial charge in [0.2, 0.25) is 19.7 Å². The van der Waals surface area contributed by atoms with Crippen molar-refractivity contribution >= 4 is 19.7 Å². The lowest BCUT2D eigenvalue weighted by Gasteiger charge is -2.09. The van der Waals surface area contributed by atoms with E-state index in [2.05, 4.69) is 0 Å². The zero-order chi connectivity index (χ0) is 26.8. The van der Waals surface area contributed by atoms with Crippen molar-refractivity contribution in [3.63, 3.8) is 0 Å². The van der Waals surface area contributed by atoms with Crippen molar-refractivity contribution in [3.8, 4) is 22.6 Å². The Morgan fingerprint density at radius 3 is 1.18 bits per heavy atom. The van der Waals surface area contributed by atoms with E-state index in [1.807, 2.05) is 37.3 Å². The maximum absolute atomic E-state index is 13.2. The third-order valence-electron chi connectivity index (χ3n) is 6.11. The zero-order valence-electron chi connectivity index (χ0n) is 20.5. The van der Waals surface area contributed by atoms with Crippen LogP contribution < -0.4 is 4.74 Å². The lowest BCUT2D eigenvalue weighted by molar-refractivity contribution is 0.482. The molecule has 0 radical (unpaired) electrons. The van der Waals surface area contributed by atoms with Crippen LogP contribution in [-0.4, -0.2) is 16.8 Å². The van der Waals surface area contributed by atoms with E-state index in [1.54, 1.807) is 84.9 Å². The molecule has 0 N–H and O–H groups in total. The molecule has 0 saturated carbocycles. The van der Waals surface area contributed by atoms with E-state index in [-0.39, 0.29) is 19.6 Å². The molecule has 0 heterocycles. The number of aryl methyl sites for hydroxylation is 1. The van der Waals surface area contributed by atoms with Gasteiger partial charge in [-0.05, 0) is 90.8 Å². The SMILES string of the molecule is Cc1ccc(S(=O)(=O)c2ccc(-c3ccc(S(=O)(=O)c4ccc(Oc5ccccc5)cc4)cc3)cc2)cc1. The van der Waals surface area contributed by atoms with Crippen LogP contribution in [0, 0.1) is 6.92 Å². The smallest absolute Gasteiger partial charge is 0.206 e. The fraction of sp³-hybridized carbons (Fsp3) is 0.0323. The average molecular weight is 541 g/mol. The number of rotatable bonds is 7. The maximum atomic E-state index is 13.2. The monoisotopic (exact) mass is 540 g/mol. The molecule has 0 saturated heterocycles. The van der Waals surface area contributed by atoms with Crippen LogP contribution in [0.5, 0.6) is 11.5 Å². The van der Waals surface area contributed by atoms with Gasteiger partial charge in [-0.15, -0.1) is 0 Å². The largest absolute Gasteiger partial charge is 0.457 e. The summed E-state index contributed by atoms with van der Waals surface area (Å²) in [7, 11) is -7.34. The molecule has 7 heteroatoms. The van der Waals surface area contributed by atoms with Gasteiger partial charge in [-0.2, -0.15) is 0 Å². The summed E-state index contributed by atoms with van der Waals surface area (Å²) in [6.07, 6.45) is 0. The molecule has 5 nitrogen and oxygen atoms in total. The molecule has 0 atom stereocenters. The lowest BCUT2D eigenvalue weighted by Crippen LogP contribution is -2.02. The molecule has 0 amide bonds. The number of sulfone groups is 2. The molecule has 0 aliphatic carbocycles. The summed E-state index contributed by atoms with van der Waals surface area (Å²) in [5.41, 5.74) is 2.54. The zero-order valence-corrected chi connectivity index (χ0v) is 22.1. The second kappa shape index (κ2) is 10.3. The molecule has 190 valence electrons. The van der Waals surface area contributed by atoms with Gasteiger partial charge in [0.15, 0.2) is 0 Å². The second-order valence-corrected chi connectivity index (χ2v) is 12.7. The fourth-order valence-electron chi connectivity index (χ4n) is 3.95. The Morgan fingerprint density at radius 2 is 0.763 bits per heavy atom. The number of benzene rings is 5. The number of ether oxygens (including phenoxy) is 1. The summed E-state index contributed by atoms with van der Waals surface area (Å²) in [5.74, 6) is 1.21. The van der Waals surface area contributed by atoms with Gasteiger partial charge in [-0.3, -0.25) is 0 Å². The van der Waals surface area contributed by atoms with E-state index >= 15 is 0 Å². The minimum absolute atomic E-state index is 0.163. The quantitative estimate of drug-likeness (QED) is 0.220. The first-order valence-corrected chi connectivity index (χ1v) is 14.8. The molecule has 0 bridgehead atoms. The first-order chi connectivity index (χ1) is 18.2. The minimum Gasteiger partial charge on any atom is -0.457 e. The van der Waals surface area contributed by atoms with Gasteiger partial charge in [0.05, 0.1) is 19.6 Å². The summed E-state index contributed by atoms with van der Waals surface area (Å²) in [5, 5.41) is 0. The Hall–Kier alpha value is -4.20. The Labute approximate surface area is 222 Å². The molecule has 0 aromatic heterocycles. The third kappa shape index (κ3) is 5.25. The molecule has 0 aliphatic heterocycles. The third-order valence-corrected chi connectivity index (χ3v) is 9.68. The molecule has 0 unspecified atom stereocenters. The predicted molar refractivity (Wildman–Crippen MR) is 147 cm³/mol. The highest BCUT2D eigenvalue weighted by atomic mass is 32.2. The Balaban J connectivity index is 1.33. The van der Waals surface area contributed by atoms with Crippen LogP contribution >= 0.6 is 0 Å². The van der Waals surface area contributed by atoms with Gasteiger partial charge >= 0.3 is 0 Å². The normalized spacial score (nSPS) is 11.7. The van der Waals surface area contributed by atoms with E-state index in [9.17, 15) is 16.8 Å². The first kappa shape index (κ1) is 25.4. The van der Waals surface area contributed by atoms with Crippen LogP contribution in [0.2, 0.25) is 0 Å². The fourth-order valence-corrected chi connectivity index (χ4v) is 6.48. The predicted octanol–water partition coefficient (Wildman–Crippen LogP) is 7.12. The van der Waals surface area contributed by atoms with Gasteiger partial charge in [0.25, 0.3) is 0 Å². The van der Waals surface area contributed by atoms with Crippen molar-refractivity contribution in [1.29, 1.82) is 0 Å². The molecule has 5 aromatic rings. The van der Waals surface area contributed by atoms with Crippen LogP contribution in [-0.2, 0) is 19.7 Å². The highest BCUT2D eigenvalue weighted by Crippen LogP contribution is 2.29. The van der Waals surface area contributed by atoms with Gasteiger partial charge < -0.3 is 4.74 Å². The van der Waals surface area contributed by atoms with Crippen LogP contribution in [0.3, 0.4) is 0 Å². The summed E-state index contributed by atoms with van der Waals surface area (Å²) in [6, 6.07) is 35.4. The second-order valence-electron chi connectivity index (χ2n) is 8.76. The van der Waals surface area contributed by atoms with Crippen molar-refractivity contribution in [1.82, 2.24) is 0 Å². The van der Waals surface area contributed by atoms with Gasteiger partial charge in [0, 0.05) is 0 Å². The van der Waals surface area contributed by atoms with Crippen molar-refractivity contribution in [3.05, 3.63) is 133 Å². The topological polar surface area (TPSA) is 77.5 Å². The molecule has 0 spiro atoms. The Morgan fingerprint density at radius 1 is 0.421 bits per heavy atom. The molecular weight excluding hydrogens is 516 g/mol. The molecule has 5 aromatic carbocycles. The number of hydrogen-bond acceptors (Lipinski definition) is 5. The summed E-state index contributed by atoms with van der Waals surface area (Å²) >= 11 is 0. The van der Waals surface area contributed by atoms with Crippen LogP contribution in [0.4, 0.5) is 0 Å². The van der Waals surface area contributed by atoms with E-state index < -0.39 is 19.7 Å². The van der Waals surface area contributed by atoms with Crippen LogP contribution in [0.15, 0.2) is 147 Å². The molecule has 5 rings (SSSR count). The standard InChI is InChI=1S/C31H24O5S2/c1-23-7-15-28(16-8-23)37(32,33)29-17-9-24(10-18-29)25-11-19-30(20-12-25)38(34,35)31-21-13-27(14-22-31)36-26-5-3-2-4-6-26/h2-22H,1H3. The van der Waals surface area contributed by atoms with Crippen molar-refractivity contribution in [2.45, 2.75) is 26.5 Å². The van der Waals surface area contributed by atoms with Gasteiger partial charge in [-0.1, -0.05) is 60.2 Å². The van der Waals surface area contributed by atoms with E-state index in [1.165, 1.54) is 12.1 Å². The molecule has 0 aliphatic rings. The maximum Gasteiger partial charge on any atom is 0.206 e. The van der Waals surface area contributed by atoms with Gasteiger partial charge in [0.1, 0.15) is 11.5 Å². The van der Waals surface area contributed by atoms with E-state index in [0.717, 1.165) is 16.7 Å². The van der Waals surface area contributed by atoms with E-state index in [0.29, 0.717) is 11.5 Å². The number of hydrogen-bond donors (Lipinski definition) is 0. The number of para-hydroxylation sites is 1. The summed E-state index contributed by atoms with van der Waals surface area (Å²) < 4.78 is 57.9. The minimum atomic E-state index is -3.72.